The molecule has 0 radical (unpaired) electrons. The summed E-state index contributed by atoms with van der Waals surface area (Å²) >= 11 is 0. The first-order valence-corrected chi connectivity index (χ1v) is 7.78. The lowest BCUT2D eigenvalue weighted by Gasteiger charge is -2.18. The number of methoxy groups -OCH3 is 1. The van der Waals surface area contributed by atoms with Crippen molar-refractivity contribution < 1.29 is 29.2 Å². The minimum absolute atomic E-state index is 0.00688. The molecule has 3 N–H and O–H groups in total. The summed E-state index contributed by atoms with van der Waals surface area (Å²) in [5.74, 6) is -2.43. The molecule has 1 amide bonds. The Morgan fingerprint density at radius 2 is 1.96 bits per heavy atom. The third kappa shape index (κ3) is 6.04. The minimum Gasteiger partial charge on any atom is -0.480 e. The number of esters is 1. The molecular weight excluding hydrogens is 346 g/mol. The van der Waals surface area contributed by atoms with Gasteiger partial charge in [0, 0.05) is 11.6 Å². The molecule has 142 valence electrons. The van der Waals surface area contributed by atoms with E-state index >= 15 is 0 Å². The third-order valence-electron chi connectivity index (χ3n) is 3.41. The van der Waals surface area contributed by atoms with Crippen LogP contribution >= 0.6 is 0 Å². The number of nitrogens with zero attached hydrogens (tertiary/aromatic N) is 1. The molecule has 0 saturated heterocycles. The number of anilines is 1. The molecule has 0 bridgehead atoms. The van der Waals surface area contributed by atoms with Crippen LogP contribution in [0, 0.1) is 16.0 Å². The summed E-state index contributed by atoms with van der Waals surface area (Å²) in [5, 5.41) is 25.5. The maximum atomic E-state index is 12.0. The first-order chi connectivity index (χ1) is 12.1. The Bertz CT molecular complexity index is 703. The SMILES string of the molecule is COC(=O)CNC(=O)c1ccc(NC(CC(C)C)C(=O)O)c([N+](=O)[O-])c1. The third-order valence-corrected chi connectivity index (χ3v) is 3.41. The Labute approximate surface area is 149 Å². The molecule has 0 aliphatic heterocycles. The van der Waals surface area contributed by atoms with Crippen molar-refractivity contribution >= 4 is 29.2 Å². The van der Waals surface area contributed by atoms with Crippen LogP contribution < -0.4 is 10.6 Å². The van der Waals surface area contributed by atoms with E-state index in [1.807, 2.05) is 13.8 Å². The van der Waals surface area contributed by atoms with E-state index in [1.54, 1.807) is 0 Å². The van der Waals surface area contributed by atoms with E-state index < -0.39 is 34.5 Å². The van der Waals surface area contributed by atoms with E-state index in [1.165, 1.54) is 12.1 Å². The lowest BCUT2D eigenvalue weighted by molar-refractivity contribution is -0.384. The molecule has 1 rings (SSSR count). The van der Waals surface area contributed by atoms with Gasteiger partial charge in [-0.1, -0.05) is 13.8 Å². The van der Waals surface area contributed by atoms with Gasteiger partial charge in [0.1, 0.15) is 18.3 Å². The molecule has 0 saturated carbocycles. The van der Waals surface area contributed by atoms with Gasteiger partial charge in [0.05, 0.1) is 12.0 Å². The lowest BCUT2D eigenvalue weighted by atomic mass is 10.0. The number of nitro groups is 1. The minimum atomic E-state index is -1.13. The predicted molar refractivity (Wildman–Crippen MR) is 91.9 cm³/mol. The van der Waals surface area contributed by atoms with Crippen molar-refractivity contribution in [3.63, 3.8) is 0 Å². The summed E-state index contributed by atoms with van der Waals surface area (Å²) in [5.41, 5.74) is -0.486. The molecule has 10 heteroatoms. The molecule has 0 spiro atoms. The number of carbonyl (C=O) groups excluding carboxylic acids is 2. The molecule has 0 aliphatic rings. The molecule has 1 atom stereocenters. The lowest BCUT2D eigenvalue weighted by Crippen LogP contribution is -2.31. The second-order valence-corrected chi connectivity index (χ2v) is 5.91. The fourth-order valence-electron chi connectivity index (χ4n) is 2.15. The summed E-state index contributed by atoms with van der Waals surface area (Å²) in [7, 11) is 1.16. The maximum Gasteiger partial charge on any atom is 0.326 e. The number of carbonyl (C=O) groups is 3. The zero-order valence-electron chi connectivity index (χ0n) is 14.6. The second-order valence-electron chi connectivity index (χ2n) is 5.91. The highest BCUT2D eigenvalue weighted by molar-refractivity contribution is 5.97. The maximum absolute atomic E-state index is 12.0. The summed E-state index contributed by atoms with van der Waals surface area (Å²) < 4.78 is 4.39. The molecule has 0 aliphatic carbocycles. The fourth-order valence-corrected chi connectivity index (χ4v) is 2.15. The van der Waals surface area contributed by atoms with Crippen LogP contribution in [0.3, 0.4) is 0 Å². The van der Waals surface area contributed by atoms with E-state index in [4.69, 9.17) is 0 Å². The highest BCUT2D eigenvalue weighted by atomic mass is 16.6. The highest BCUT2D eigenvalue weighted by Gasteiger charge is 2.24. The molecule has 0 aromatic heterocycles. The van der Waals surface area contributed by atoms with Crippen LogP contribution in [0.5, 0.6) is 0 Å². The van der Waals surface area contributed by atoms with Crippen molar-refractivity contribution in [3.05, 3.63) is 33.9 Å². The van der Waals surface area contributed by atoms with Crippen molar-refractivity contribution in [1.82, 2.24) is 5.32 Å². The van der Waals surface area contributed by atoms with E-state index in [9.17, 15) is 29.6 Å². The molecule has 10 nitrogen and oxygen atoms in total. The summed E-state index contributed by atoms with van der Waals surface area (Å²) in [4.78, 5) is 44.9. The average molecular weight is 367 g/mol. The van der Waals surface area contributed by atoms with Crippen LogP contribution in [0.2, 0.25) is 0 Å². The van der Waals surface area contributed by atoms with Crippen LogP contribution in [0.4, 0.5) is 11.4 Å². The Balaban J connectivity index is 3.04. The van der Waals surface area contributed by atoms with Crippen molar-refractivity contribution in [1.29, 1.82) is 0 Å². The summed E-state index contributed by atoms with van der Waals surface area (Å²) in [6.07, 6.45) is 0.272. The molecule has 0 fully saturated rings. The van der Waals surface area contributed by atoms with Gasteiger partial charge >= 0.3 is 11.9 Å². The number of benzene rings is 1. The summed E-state index contributed by atoms with van der Waals surface area (Å²) in [6.45, 7) is 3.29. The number of aliphatic carboxylic acids is 1. The smallest absolute Gasteiger partial charge is 0.326 e. The molecule has 0 heterocycles. The van der Waals surface area contributed by atoms with Crippen LogP contribution in [0.25, 0.3) is 0 Å². The number of hydrogen-bond acceptors (Lipinski definition) is 7. The number of nitrogens with one attached hydrogen (secondary N) is 2. The summed E-state index contributed by atoms with van der Waals surface area (Å²) in [6, 6.07) is 2.58. The number of amides is 1. The average Bonchev–Trinajstić information content (AvgIpc) is 2.58. The standard InChI is InChI=1S/C16H21N3O7/c1-9(2)6-12(16(22)23)18-11-5-4-10(7-13(11)19(24)25)15(21)17-8-14(20)26-3/h4-5,7,9,12,18H,6,8H2,1-3H3,(H,17,21)(H,22,23). The van der Waals surface area contributed by atoms with Gasteiger partial charge in [0.15, 0.2) is 0 Å². The fraction of sp³-hybridized carbons (Fsp3) is 0.438. The Morgan fingerprint density at radius 1 is 1.31 bits per heavy atom. The van der Waals surface area contributed by atoms with Crippen molar-refractivity contribution in [3.8, 4) is 0 Å². The second kappa shape index (κ2) is 9.35. The first kappa shape index (κ1) is 20.9. The predicted octanol–water partition coefficient (Wildman–Crippen LogP) is 1.41. The van der Waals surface area contributed by atoms with Crippen LogP contribution in [-0.4, -0.2) is 47.6 Å². The van der Waals surface area contributed by atoms with Gasteiger partial charge in [-0.2, -0.15) is 0 Å². The normalized spacial score (nSPS) is 11.5. The Hall–Kier alpha value is -3.17. The van der Waals surface area contributed by atoms with E-state index in [0.29, 0.717) is 0 Å². The van der Waals surface area contributed by atoms with Crippen molar-refractivity contribution in [2.24, 2.45) is 5.92 Å². The Morgan fingerprint density at radius 3 is 2.46 bits per heavy atom. The number of rotatable bonds is 9. The zero-order chi connectivity index (χ0) is 19.9. The van der Waals surface area contributed by atoms with Crippen molar-refractivity contribution in [2.45, 2.75) is 26.3 Å². The largest absolute Gasteiger partial charge is 0.480 e. The van der Waals surface area contributed by atoms with Gasteiger partial charge in [-0.3, -0.25) is 19.7 Å². The Kier molecular flexibility index (Phi) is 7.51. The van der Waals surface area contributed by atoms with Crippen LogP contribution in [0.1, 0.15) is 30.6 Å². The topological polar surface area (TPSA) is 148 Å². The van der Waals surface area contributed by atoms with Gasteiger partial charge in [-0.25, -0.2) is 4.79 Å². The molecule has 1 aromatic rings. The molecular formula is C16H21N3O7. The van der Waals surface area contributed by atoms with Crippen molar-refractivity contribution in [2.75, 3.05) is 19.0 Å². The van der Waals surface area contributed by atoms with Crippen LogP contribution in [-0.2, 0) is 14.3 Å². The molecule has 26 heavy (non-hydrogen) atoms. The first-order valence-electron chi connectivity index (χ1n) is 7.78. The number of ether oxygens (including phenoxy) is 1. The van der Waals surface area contributed by atoms with Gasteiger partial charge < -0.3 is 20.5 Å². The van der Waals surface area contributed by atoms with Gasteiger partial charge in [-0.15, -0.1) is 0 Å². The number of carboxylic acid groups (broad SMARTS) is 1. The highest BCUT2D eigenvalue weighted by Crippen LogP contribution is 2.27. The quantitative estimate of drug-likeness (QED) is 0.337. The van der Waals surface area contributed by atoms with E-state index in [-0.39, 0.29) is 30.1 Å². The molecule has 1 aromatic carbocycles. The number of hydrogen-bond donors (Lipinski definition) is 3. The molecule has 1 unspecified atom stereocenters. The van der Waals surface area contributed by atoms with Crippen LogP contribution in [0.15, 0.2) is 18.2 Å². The van der Waals surface area contributed by atoms with Gasteiger partial charge in [0.25, 0.3) is 11.6 Å². The van der Waals surface area contributed by atoms with E-state index in [0.717, 1.165) is 13.2 Å². The number of carboxylic acids is 1. The zero-order valence-corrected chi connectivity index (χ0v) is 14.6. The van der Waals surface area contributed by atoms with Gasteiger partial charge in [-0.05, 0) is 24.5 Å². The monoisotopic (exact) mass is 367 g/mol. The van der Waals surface area contributed by atoms with Gasteiger partial charge in [0.2, 0.25) is 0 Å². The number of nitro benzene ring substituents is 1. The van der Waals surface area contributed by atoms with E-state index in [2.05, 4.69) is 15.4 Å².